The van der Waals surface area contributed by atoms with Gasteiger partial charge in [0.2, 0.25) is 0 Å². The van der Waals surface area contributed by atoms with E-state index in [0.717, 1.165) is 12.1 Å². The SMILES string of the molecule is FC(F)(F)C(F)(c1ccc(CCl)cc1)C(F)(F)F. The lowest BCUT2D eigenvalue weighted by Crippen LogP contribution is -2.50. The number of benzene rings is 1. The zero-order chi connectivity index (χ0) is 14.2. The second-order valence-corrected chi connectivity index (χ2v) is 3.75. The van der Waals surface area contributed by atoms with Crippen LogP contribution in [0.2, 0.25) is 0 Å². The second kappa shape index (κ2) is 4.60. The van der Waals surface area contributed by atoms with Crippen LogP contribution in [-0.4, -0.2) is 12.4 Å². The summed E-state index contributed by atoms with van der Waals surface area (Å²) in [5, 5.41) is 0. The summed E-state index contributed by atoms with van der Waals surface area (Å²) in [4.78, 5) is 0. The van der Waals surface area contributed by atoms with Crippen LogP contribution in [0.15, 0.2) is 24.3 Å². The molecular weight excluding hydrogens is 289 g/mol. The lowest BCUT2D eigenvalue weighted by atomic mass is 9.93. The molecule has 1 aromatic carbocycles. The third kappa shape index (κ3) is 2.41. The van der Waals surface area contributed by atoms with Crippen LogP contribution in [0.25, 0.3) is 0 Å². The van der Waals surface area contributed by atoms with E-state index in [9.17, 15) is 30.7 Å². The van der Waals surface area contributed by atoms with Crippen molar-refractivity contribution in [1.29, 1.82) is 0 Å². The van der Waals surface area contributed by atoms with Crippen LogP contribution in [0.4, 0.5) is 30.7 Å². The van der Waals surface area contributed by atoms with E-state index in [4.69, 9.17) is 11.6 Å². The van der Waals surface area contributed by atoms with Crippen LogP contribution < -0.4 is 0 Å². The van der Waals surface area contributed by atoms with Gasteiger partial charge in [0.1, 0.15) is 0 Å². The highest BCUT2D eigenvalue weighted by Gasteiger charge is 2.73. The van der Waals surface area contributed by atoms with E-state index >= 15 is 0 Å². The van der Waals surface area contributed by atoms with Crippen molar-refractivity contribution in [2.75, 3.05) is 0 Å². The summed E-state index contributed by atoms with van der Waals surface area (Å²) < 4.78 is 87.6. The van der Waals surface area contributed by atoms with Crippen LogP contribution in [0.3, 0.4) is 0 Å². The number of halogens is 8. The Morgan fingerprint density at radius 1 is 0.778 bits per heavy atom. The summed E-state index contributed by atoms with van der Waals surface area (Å²) in [5.74, 6) is -0.0996. The molecule has 0 heterocycles. The number of hydrogen-bond acceptors (Lipinski definition) is 0. The molecule has 0 fully saturated rings. The Balaban J connectivity index is 3.36. The van der Waals surface area contributed by atoms with Gasteiger partial charge >= 0.3 is 18.0 Å². The molecule has 0 amide bonds. The molecule has 8 heteroatoms. The van der Waals surface area contributed by atoms with Crippen molar-refractivity contribution >= 4 is 11.6 Å². The highest BCUT2D eigenvalue weighted by Crippen LogP contribution is 2.53. The Hall–Kier alpha value is -0.980. The maximum absolute atomic E-state index is 13.5. The molecule has 0 unspecified atom stereocenters. The minimum atomic E-state index is -6.09. The fourth-order valence-electron chi connectivity index (χ4n) is 1.31. The smallest absolute Gasteiger partial charge is 0.218 e. The molecule has 0 spiro atoms. The summed E-state index contributed by atoms with van der Waals surface area (Å²) in [7, 11) is 0. The number of alkyl halides is 8. The summed E-state index contributed by atoms with van der Waals surface area (Å²) in [6.07, 6.45) is -12.2. The van der Waals surface area contributed by atoms with Crippen LogP contribution in [0.1, 0.15) is 11.1 Å². The van der Waals surface area contributed by atoms with Crippen molar-refractivity contribution in [2.45, 2.75) is 23.9 Å². The molecule has 0 aliphatic rings. The van der Waals surface area contributed by atoms with Gasteiger partial charge in [0.15, 0.2) is 0 Å². The van der Waals surface area contributed by atoms with Gasteiger partial charge in [-0.25, -0.2) is 4.39 Å². The molecular formula is C10H6ClF7. The third-order valence-electron chi connectivity index (χ3n) is 2.29. The van der Waals surface area contributed by atoms with Crippen molar-refractivity contribution in [1.82, 2.24) is 0 Å². The molecule has 0 N–H and O–H groups in total. The molecule has 0 saturated carbocycles. The van der Waals surface area contributed by atoms with Crippen LogP contribution in [0.5, 0.6) is 0 Å². The molecule has 1 aromatic rings. The first-order valence-corrected chi connectivity index (χ1v) is 5.05. The molecule has 1 rings (SSSR count). The quantitative estimate of drug-likeness (QED) is 0.547. The first-order chi connectivity index (χ1) is 8.04. The highest BCUT2D eigenvalue weighted by atomic mass is 35.5. The standard InChI is InChI=1S/C10H6ClF7/c11-5-6-1-3-7(4-2-6)8(12,9(13,14)15)10(16,17)18/h1-4H,5H2. The zero-order valence-corrected chi connectivity index (χ0v) is 9.30. The maximum Gasteiger partial charge on any atom is 0.435 e. The Labute approximate surface area is 102 Å². The second-order valence-electron chi connectivity index (χ2n) is 3.48. The maximum atomic E-state index is 13.5. The average Bonchev–Trinajstić information content (AvgIpc) is 2.25. The lowest BCUT2D eigenvalue weighted by molar-refractivity contribution is -0.348. The van der Waals surface area contributed by atoms with E-state index in [-0.39, 0.29) is 11.4 Å². The number of hydrogen-bond donors (Lipinski definition) is 0. The first kappa shape index (κ1) is 15.1. The summed E-state index contributed by atoms with van der Waals surface area (Å²) in [6, 6.07) is 2.68. The Morgan fingerprint density at radius 3 is 1.44 bits per heavy atom. The van der Waals surface area contributed by atoms with E-state index in [1.807, 2.05) is 0 Å². The molecule has 0 bridgehead atoms. The van der Waals surface area contributed by atoms with Crippen molar-refractivity contribution in [3.05, 3.63) is 35.4 Å². The average molecular weight is 295 g/mol. The van der Waals surface area contributed by atoms with Gasteiger partial charge in [-0.1, -0.05) is 24.3 Å². The molecule has 102 valence electrons. The summed E-state index contributed by atoms with van der Waals surface area (Å²) in [5.41, 5.74) is -6.62. The van der Waals surface area contributed by atoms with Crippen LogP contribution >= 0.6 is 11.6 Å². The molecule has 0 nitrogen and oxygen atoms in total. The molecule has 0 aromatic heterocycles. The first-order valence-electron chi connectivity index (χ1n) is 4.52. The Bertz CT molecular complexity index is 390. The zero-order valence-electron chi connectivity index (χ0n) is 8.54. The summed E-state index contributed by atoms with van der Waals surface area (Å²) in [6.45, 7) is 0. The largest absolute Gasteiger partial charge is 0.435 e. The molecule has 0 atom stereocenters. The van der Waals surface area contributed by atoms with E-state index in [1.54, 1.807) is 0 Å². The van der Waals surface area contributed by atoms with Crippen LogP contribution in [0, 0.1) is 0 Å². The monoisotopic (exact) mass is 294 g/mol. The Kier molecular flexibility index (Phi) is 3.86. The highest BCUT2D eigenvalue weighted by molar-refractivity contribution is 6.17. The van der Waals surface area contributed by atoms with E-state index in [2.05, 4.69) is 0 Å². The molecule has 18 heavy (non-hydrogen) atoms. The van der Waals surface area contributed by atoms with Crippen molar-refractivity contribution in [3.8, 4) is 0 Å². The molecule has 0 radical (unpaired) electrons. The predicted molar refractivity (Wildman–Crippen MR) is 50.9 cm³/mol. The van der Waals surface area contributed by atoms with Crippen molar-refractivity contribution in [2.24, 2.45) is 0 Å². The van der Waals surface area contributed by atoms with Gasteiger partial charge in [0.05, 0.1) is 0 Å². The minimum Gasteiger partial charge on any atom is -0.218 e. The van der Waals surface area contributed by atoms with Gasteiger partial charge in [-0.2, -0.15) is 26.3 Å². The van der Waals surface area contributed by atoms with Gasteiger partial charge in [0, 0.05) is 11.4 Å². The number of rotatable bonds is 2. The van der Waals surface area contributed by atoms with Crippen LogP contribution in [-0.2, 0) is 11.5 Å². The van der Waals surface area contributed by atoms with Crippen molar-refractivity contribution < 1.29 is 30.7 Å². The normalized spacial score (nSPS) is 13.8. The minimum absolute atomic E-state index is 0.0996. The van der Waals surface area contributed by atoms with Gasteiger partial charge in [-0.3, -0.25) is 0 Å². The fraction of sp³-hybridized carbons (Fsp3) is 0.400. The molecule has 0 saturated heterocycles. The molecule has 0 aliphatic heterocycles. The summed E-state index contributed by atoms with van der Waals surface area (Å²) >= 11 is 5.34. The van der Waals surface area contributed by atoms with Gasteiger partial charge in [-0.05, 0) is 5.56 Å². The van der Waals surface area contributed by atoms with Gasteiger partial charge < -0.3 is 0 Å². The predicted octanol–water partition coefficient (Wildman–Crippen LogP) is 4.71. The Morgan fingerprint density at radius 2 is 1.17 bits per heavy atom. The van der Waals surface area contributed by atoms with Crippen molar-refractivity contribution in [3.63, 3.8) is 0 Å². The third-order valence-corrected chi connectivity index (χ3v) is 2.60. The van der Waals surface area contributed by atoms with Gasteiger partial charge in [-0.15, -0.1) is 11.6 Å². The lowest BCUT2D eigenvalue weighted by Gasteiger charge is -2.30. The van der Waals surface area contributed by atoms with Gasteiger partial charge in [0.25, 0.3) is 0 Å². The van der Waals surface area contributed by atoms with E-state index in [0.29, 0.717) is 12.1 Å². The molecule has 0 aliphatic carbocycles. The van der Waals surface area contributed by atoms with E-state index in [1.165, 1.54) is 0 Å². The fourth-order valence-corrected chi connectivity index (χ4v) is 1.49. The topological polar surface area (TPSA) is 0 Å². The van der Waals surface area contributed by atoms with E-state index < -0.39 is 23.6 Å².